The van der Waals surface area contributed by atoms with E-state index in [9.17, 15) is 0 Å². The van der Waals surface area contributed by atoms with Crippen molar-refractivity contribution in [3.63, 3.8) is 0 Å². The third kappa shape index (κ3) is 2.12. The molecule has 4 nitrogen and oxygen atoms in total. The molecule has 0 saturated carbocycles. The summed E-state index contributed by atoms with van der Waals surface area (Å²) in [6.45, 7) is 0. The van der Waals surface area contributed by atoms with E-state index in [0.29, 0.717) is 15.2 Å². The predicted octanol–water partition coefficient (Wildman–Crippen LogP) is 2.98. The summed E-state index contributed by atoms with van der Waals surface area (Å²) in [4.78, 5) is 0. The van der Waals surface area contributed by atoms with Gasteiger partial charge in [0.2, 0.25) is 5.13 Å². The molecule has 0 aliphatic carbocycles. The lowest BCUT2D eigenvalue weighted by Gasteiger charge is -2.02. The molecule has 1 aromatic heterocycles. The Bertz CT molecular complexity index is 431. The number of rotatable bonds is 2. The summed E-state index contributed by atoms with van der Waals surface area (Å²) < 4.78 is 3.62. The van der Waals surface area contributed by atoms with Crippen molar-refractivity contribution in [1.29, 1.82) is 0 Å². The molecule has 0 radical (unpaired) electrons. The molecule has 0 aliphatic rings. The van der Waals surface area contributed by atoms with Crippen molar-refractivity contribution in [2.45, 2.75) is 0 Å². The molecule has 1 N–H and O–H groups in total. The Balaban J connectivity index is 2.22. The minimum atomic E-state index is 0.495. The van der Waals surface area contributed by atoms with Crippen LogP contribution >= 0.6 is 34.7 Å². The lowest BCUT2D eigenvalue weighted by molar-refractivity contribution is 0.961. The van der Waals surface area contributed by atoms with E-state index in [1.54, 1.807) is 18.2 Å². The Morgan fingerprint density at radius 2 is 2.07 bits per heavy atom. The molecule has 0 aliphatic heterocycles. The van der Waals surface area contributed by atoms with Crippen LogP contribution in [-0.2, 0) is 0 Å². The Labute approximate surface area is 94.0 Å². The number of halogens is 2. The van der Waals surface area contributed by atoms with E-state index >= 15 is 0 Å². The first-order valence-corrected chi connectivity index (χ1v) is 5.16. The van der Waals surface area contributed by atoms with Crippen LogP contribution in [0.5, 0.6) is 0 Å². The second-order valence-electron chi connectivity index (χ2n) is 2.42. The molecule has 1 heterocycles. The summed E-state index contributed by atoms with van der Waals surface area (Å²) in [7, 11) is 0. The molecule has 0 spiro atoms. The van der Waals surface area contributed by atoms with Gasteiger partial charge >= 0.3 is 0 Å². The molecule has 7 heteroatoms. The molecule has 0 bridgehead atoms. The number of hydrogen-bond donors (Lipinski definition) is 1. The number of hydrogen-bond acceptors (Lipinski definition) is 5. The fourth-order valence-electron chi connectivity index (χ4n) is 0.879. The summed E-state index contributed by atoms with van der Waals surface area (Å²) in [5.41, 5.74) is 0.804. The van der Waals surface area contributed by atoms with Crippen LogP contribution in [0.15, 0.2) is 18.2 Å². The number of aromatic nitrogens is 3. The van der Waals surface area contributed by atoms with Crippen LogP contribution in [0.1, 0.15) is 0 Å². The van der Waals surface area contributed by atoms with Gasteiger partial charge in [-0.15, -0.1) is 0 Å². The van der Waals surface area contributed by atoms with Crippen molar-refractivity contribution in [2.24, 2.45) is 0 Å². The van der Waals surface area contributed by atoms with Gasteiger partial charge in [0.1, 0.15) is 0 Å². The Kier molecular flexibility index (Phi) is 2.81. The molecule has 0 unspecified atom stereocenters. The lowest BCUT2D eigenvalue weighted by Crippen LogP contribution is -1.89. The first-order chi connectivity index (χ1) is 6.75. The molecule has 1 aromatic carbocycles. The third-order valence-corrected chi connectivity index (χ3v) is 2.72. The second kappa shape index (κ2) is 4.08. The van der Waals surface area contributed by atoms with Crippen molar-refractivity contribution in [2.75, 3.05) is 5.32 Å². The molecule has 2 aromatic rings. The van der Waals surface area contributed by atoms with Gasteiger partial charge in [-0.1, -0.05) is 32.8 Å². The highest BCUT2D eigenvalue weighted by Crippen LogP contribution is 2.26. The van der Waals surface area contributed by atoms with Crippen molar-refractivity contribution < 1.29 is 0 Å². The second-order valence-corrected chi connectivity index (χ2v) is 3.97. The van der Waals surface area contributed by atoms with Crippen LogP contribution in [0.3, 0.4) is 0 Å². The molecule has 0 amide bonds. The van der Waals surface area contributed by atoms with Crippen molar-refractivity contribution in [1.82, 2.24) is 14.8 Å². The van der Waals surface area contributed by atoms with Crippen molar-refractivity contribution in [3.8, 4) is 0 Å². The van der Waals surface area contributed by atoms with Crippen LogP contribution in [0, 0.1) is 0 Å². The van der Waals surface area contributed by atoms with Gasteiger partial charge in [0.05, 0.1) is 10.0 Å². The minimum Gasteiger partial charge on any atom is -0.329 e. The largest absolute Gasteiger partial charge is 0.329 e. The summed E-state index contributed by atoms with van der Waals surface area (Å²) in [6, 6.07) is 5.22. The van der Waals surface area contributed by atoms with Gasteiger partial charge in [0.25, 0.3) is 0 Å². The normalized spacial score (nSPS) is 10.1. The zero-order valence-electron chi connectivity index (χ0n) is 6.74. The van der Waals surface area contributed by atoms with Crippen LogP contribution in [0.2, 0.25) is 10.0 Å². The highest BCUT2D eigenvalue weighted by molar-refractivity contribution is 7.09. The van der Waals surface area contributed by atoms with Crippen molar-refractivity contribution >= 4 is 45.6 Å². The molecule has 0 fully saturated rings. The zero-order chi connectivity index (χ0) is 9.97. The lowest BCUT2D eigenvalue weighted by atomic mass is 10.3. The highest BCUT2D eigenvalue weighted by Gasteiger charge is 2.01. The fourth-order valence-corrected chi connectivity index (χ4v) is 1.56. The van der Waals surface area contributed by atoms with E-state index in [0.717, 1.165) is 5.69 Å². The number of benzene rings is 1. The number of nitrogens with zero attached hydrogens (tertiary/aromatic N) is 3. The molecule has 0 atom stereocenters. The zero-order valence-corrected chi connectivity index (χ0v) is 9.07. The molecule has 2 rings (SSSR count). The molecule has 72 valence electrons. The Morgan fingerprint density at radius 3 is 2.71 bits per heavy atom. The quantitative estimate of drug-likeness (QED) is 0.886. The fraction of sp³-hybridized carbons (Fsp3) is 0. The van der Waals surface area contributed by atoms with Gasteiger partial charge in [-0.05, 0) is 23.4 Å². The maximum atomic E-state index is 5.83. The molecule has 14 heavy (non-hydrogen) atoms. The highest BCUT2D eigenvalue weighted by atomic mass is 35.5. The maximum absolute atomic E-state index is 5.83. The maximum Gasteiger partial charge on any atom is 0.229 e. The minimum absolute atomic E-state index is 0.495. The Hall–Kier alpha value is -0.910. The van der Waals surface area contributed by atoms with E-state index < -0.39 is 0 Å². The van der Waals surface area contributed by atoms with Gasteiger partial charge in [-0.2, -0.15) is 0 Å². The first-order valence-electron chi connectivity index (χ1n) is 3.63. The first kappa shape index (κ1) is 9.64. The SMILES string of the molecule is Clc1ccc(Nc2nnns2)cc1Cl. The molecular formula is C7H4Cl2N4S. The standard InChI is InChI=1S/C7H4Cl2N4S/c8-5-2-1-4(3-6(5)9)10-7-11-12-13-14-7/h1-3H,(H,10,11,13). The summed E-state index contributed by atoms with van der Waals surface area (Å²) >= 11 is 12.8. The van der Waals surface area contributed by atoms with E-state index in [2.05, 4.69) is 20.1 Å². The summed E-state index contributed by atoms with van der Waals surface area (Å²) in [5, 5.41) is 11.8. The van der Waals surface area contributed by atoms with Crippen molar-refractivity contribution in [3.05, 3.63) is 28.2 Å². The monoisotopic (exact) mass is 246 g/mol. The van der Waals surface area contributed by atoms with Gasteiger partial charge in [-0.25, -0.2) is 0 Å². The smallest absolute Gasteiger partial charge is 0.229 e. The summed E-state index contributed by atoms with van der Waals surface area (Å²) in [6.07, 6.45) is 0. The Morgan fingerprint density at radius 1 is 1.21 bits per heavy atom. The van der Waals surface area contributed by atoms with Gasteiger partial charge in [0, 0.05) is 17.2 Å². The van der Waals surface area contributed by atoms with Gasteiger partial charge < -0.3 is 5.32 Å². The van der Waals surface area contributed by atoms with Gasteiger partial charge in [-0.3, -0.25) is 0 Å². The van der Waals surface area contributed by atoms with E-state index in [-0.39, 0.29) is 0 Å². The average Bonchev–Trinajstić information content (AvgIpc) is 2.64. The van der Waals surface area contributed by atoms with Crippen LogP contribution < -0.4 is 5.32 Å². The molecule has 0 saturated heterocycles. The van der Waals surface area contributed by atoms with Crippen LogP contribution in [-0.4, -0.2) is 14.8 Å². The van der Waals surface area contributed by atoms with Crippen LogP contribution in [0.4, 0.5) is 10.8 Å². The van der Waals surface area contributed by atoms with E-state index in [1.807, 2.05) is 0 Å². The van der Waals surface area contributed by atoms with E-state index in [1.165, 1.54) is 11.5 Å². The van der Waals surface area contributed by atoms with Crippen LogP contribution in [0.25, 0.3) is 0 Å². The topological polar surface area (TPSA) is 50.7 Å². The number of anilines is 2. The van der Waals surface area contributed by atoms with E-state index in [4.69, 9.17) is 23.2 Å². The summed E-state index contributed by atoms with van der Waals surface area (Å²) in [5.74, 6) is 0. The molecular weight excluding hydrogens is 243 g/mol. The van der Waals surface area contributed by atoms with Gasteiger partial charge in [0.15, 0.2) is 0 Å². The average molecular weight is 247 g/mol. The number of nitrogens with one attached hydrogen (secondary N) is 1. The predicted molar refractivity (Wildman–Crippen MR) is 57.4 cm³/mol. The third-order valence-electron chi connectivity index (χ3n) is 1.47.